The molecule has 0 aliphatic rings. The summed E-state index contributed by atoms with van der Waals surface area (Å²) in [5.41, 5.74) is 0.915. The van der Waals surface area contributed by atoms with Crippen LogP contribution in [0.15, 0.2) is 34.9 Å². The topological polar surface area (TPSA) is 88.2 Å². The fraction of sp³-hybridized carbons (Fsp3) is 0.471. The molecule has 0 amide bonds. The molecule has 2 aromatic rings. The maximum Gasteiger partial charge on any atom is 0.303 e. The molecule has 1 aromatic heterocycles. The number of nitrogens with zero attached hydrogens (tertiary/aromatic N) is 2. The molecule has 0 spiro atoms. The Morgan fingerprint density at radius 1 is 1.30 bits per heavy atom. The fourth-order valence-electron chi connectivity index (χ4n) is 2.19. The predicted molar refractivity (Wildman–Crippen MR) is 87.4 cm³/mol. The minimum Gasteiger partial charge on any atom is -0.481 e. The van der Waals surface area contributed by atoms with Gasteiger partial charge >= 0.3 is 5.97 Å². The molecule has 23 heavy (non-hydrogen) atoms. The minimum atomic E-state index is -0.812. The van der Waals surface area contributed by atoms with Crippen molar-refractivity contribution in [2.45, 2.75) is 51.5 Å². The second kappa shape index (κ2) is 7.26. The third-order valence-corrected chi connectivity index (χ3v) is 3.43. The molecule has 0 saturated heterocycles. The number of carboxylic acid groups (broad SMARTS) is 1. The maximum absolute atomic E-state index is 10.9. The average Bonchev–Trinajstić information content (AvgIpc) is 2.94. The van der Waals surface area contributed by atoms with Crippen LogP contribution in [-0.2, 0) is 16.6 Å². The third kappa shape index (κ3) is 5.39. The van der Waals surface area contributed by atoms with Gasteiger partial charge in [0.2, 0.25) is 5.89 Å². The van der Waals surface area contributed by atoms with Crippen LogP contribution >= 0.6 is 0 Å². The van der Waals surface area contributed by atoms with Crippen LogP contribution in [0.1, 0.15) is 45.1 Å². The van der Waals surface area contributed by atoms with Gasteiger partial charge in [0.1, 0.15) is 0 Å². The number of anilines is 1. The van der Waals surface area contributed by atoms with Gasteiger partial charge in [-0.05, 0) is 23.6 Å². The number of carbonyl (C=O) groups is 1. The van der Waals surface area contributed by atoms with Crippen LogP contribution in [0.2, 0.25) is 0 Å². The number of carboxylic acids is 1. The van der Waals surface area contributed by atoms with E-state index in [0.29, 0.717) is 24.7 Å². The Morgan fingerprint density at radius 2 is 2.00 bits per heavy atom. The van der Waals surface area contributed by atoms with Crippen LogP contribution in [0, 0.1) is 0 Å². The smallest absolute Gasteiger partial charge is 0.303 e. The van der Waals surface area contributed by atoms with E-state index >= 15 is 0 Å². The van der Waals surface area contributed by atoms with Crippen molar-refractivity contribution in [1.29, 1.82) is 0 Å². The summed E-state index contributed by atoms with van der Waals surface area (Å²) in [6.07, 6.45) is 1.28. The molecule has 1 aromatic carbocycles. The molecule has 0 radical (unpaired) electrons. The van der Waals surface area contributed by atoms with Gasteiger partial charge in [-0.1, -0.05) is 51.1 Å². The first-order chi connectivity index (χ1) is 10.8. The Kier molecular flexibility index (Phi) is 5.36. The lowest BCUT2D eigenvalue weighted by Crippen LogP contribution is -2.24. The molecule has 2 rings (SSSR count). The zero-order chi connectivity index (χ0) is 16.9. The zero-order valence-electron chi connectivity index (χ0n) is 13.7. The molecule has 0 aliphatic carbocycles. The minimum absolute atomic E-state index is 0.0704. The van der Waals surface area contributed by atoms with Crippen molar-refractivity contribution in [3.05, 3.63) is 41.8 Å². The highest BCUT2D eigenvalue weighted by molar-refractivity contribution is 5.66. The maximum atomic E-state index is 10.9. The van der Waals surface area contributed by atoms with Gasteiger partial charge in [0, 0.05) is 17.9 Å². The van der Waals surface area contributed by atoms with E-state index in [1.807, 2.05) is 51.1 Å². The lowest BCUT2D eigenvalue weighted by molar-refractivity contribution is -0.137. The Hall–Kier alpha value is -2.37. The van der Waals surface area contributed by atoms with Crippen LogP contribution in [0.25, 0.3) is 0 Å². The van der Waals surface area contributed by atoms with E-state index in [1.165, 1.54) is 0 Å². The molecule has 0 bridgehead atoms. The monoisotopic (exact) mass is 317 g/mol. The van der Waals surface area contributed by atoms with Crippen molar-refractivity contribution in [1.82, 2.24) is 10.1 Å². The summed E-state index contributed by atoms with van der Waals surface area (Å²) in [4.78, 5) is 15.2. The number of hydrogen-bond donors (Lipinski definition) is 2. The normalized spacial score (nSPS) is 12.8. The van der Waals surface area contributed by atoms with E-state index in [0.717, 1.165) is 5.56 Å². The Labute approximate surface area is 135 Å². The zero-order valence-corrected chi connectivity index (χ0v) is 13.7. The molecule has 0 aliphatic heterocycles. The molecule has 1 atom stereocenters. The Bertz CT molecular complexity index is 632. The summed E-state index contributed by atoms with van der Waals surface area (Å²) < 4.78 is 5.27. The van der Waals surface area contributed by atoms with Gasteiger partial charge in [0.25, 0.3) is 5.95 Å². The fourth-order valence-corrected chi connectivity index (χ4v) is 2.19. The predicted octanol–water partition coefficient (Wildman–Crippen LogP) is 3.26. The molecular weight excluding hydrogens is 294 g/mol. The third-order valence-electron chi connectivity index (χ3n) is 3.43. The van der Waals surface area contributed by atoms with Crippen molar-refractivity contribution in [2.24, 2.45) is 0 Å². The van der Waals surface area contributed by atoms with E-state index in [1.54, 1.807) is 0 Å². The standard InChI is InChI=1S/C17H23N3O3/c1-17(2,3)15-19-16(20-23-15)18-13(9-10-14(21)22)11-12-7-5-4-6-8-12/h4-8,13H,9-11H2,1-3H3,(H,18,20)(H,21,22). The van der Waals surface area contributed by atoms with Crippen LogP contribution in [-0.4, -0.2) is 27.3 Å². The average molecular weight is 317 g/mol. The summed E-state index contributed by atoms with van der Waals surface area (Å²) in [5.74, 6) is 0.145. The molecule has 0 saturated carbocycles. The molecular formula is C17H23N3O3. The Balaban J connectivity index is 2.07. The second-order valence-electron chi connectivity index (χ2n) is 6.64. The van der Waals surface area contributed by atoms with Crippen LogP contribution in [0.3, 0.4) is 0 Å². The first-order valence-corrected chi connectivity index (χ1v) is 7.71. The first-order valence-electron chi connectivity index (χ1n) is 7.71. The highest BCUT2D eigenvalue weighted by Crippen LogP contribution is 2.22. The van der Waals surface area contributed by atoms with Gasteiger partial charge in [0.15, 0.2) is 0 Å². The molecule has 0 fully saturated rings. The highest BCUT2D eigenvalue weighted by atomic mass is 16.5. The van der Waals surface area contributed by atoms with Gasteiger partial charge in [-0.25, -0.2) is 0 Å². The number of nitrogens with one attached hydrogen (secondary N) is 1. The quantitative estimate of drug-likeness (QED) is 0.815. The van der Waals surface area contributed by atoms with E-state index in [9.17, 15) is 4.79 Å². The lowest BCUT2D eigenvalue weighted by atomic mass is 9.97. The number of hydrogen-bond acceptors (Lipinski definition) is 5. The largest absolute Gasteiger partial charge is 0.481 e. The van der Waals surface area contributed by atoms with Gasteiger partial charge in [-0.3, -0.25) is 4.79 Å². The van der Waals surface area contributed by atoms with E-state index in [-0.39, 0.29) is 17.9 Å². The van der Waals surface area contributed by atoms with Crippen molar-refractivity contribution in [3.8, 4) is 0 Å². The molecule has 1 unspecified atom stereocenters. The van der Waals surface area contributed by atoms with Crippen LogP contribution in [0.4, 0.5) is 5.95 Å². The van der Waals surface area contributed by atoms with Crippen molar-refractivity contribution < 1.29 is 14.4 Å². The van der Waals surface area contributed by atoms with Crippen molar-refractivity contribution in [2.75, 3.05) is 5.32 Å². The molecule has 6 heteroatoms. The summed E-state index contributed by atoms with van der Waals surface area (Å²) in [6.45, 7) is 5.99. The second-order valence-corrected chi connectivity index (χ2v) is 6.64. The number of aliphatic carboxylic acids is 1. The van der Waals surface area contributed by atoms with Gasteiger partial charge < -0.3 is 14.9 Å². The number of aromatic nitrogens is 2. The highest BCUT2D eigenvalue weighted by Gasteiger charge is 2.23. The van der Waals surface area contributed by atoms with E-state index in [2.05, 4.69) is 15.5 Å². The van der Waals surface area contributed by atoms with Crippen LogP contribution in [0.5, 0.6) is 0 Å². The molecule has 124 valence electrons. The van der Waals surface area contributed by atoms with Crippen molar-refractivity contribution >= 4 is 11.9 Å². The van der Waals surface area contributed by atoms with Crippen LogP contribution < -0.4 is 5.32 Å². The summed E-state index contributed by atoms with van der Waals surface area (Å²) in [7, 11) is 0. The molecule has 2 N–H and O–H groups in total. The summed E-state index contributed by atoms with van der Waals surface area (Å²) >= 11 is 0. The Morgan fingerprint density at radius 3 is 2.57 bits per heavy atom. The van der Waals surface area contributed by atoms with Gasteiger partial charge in [-0.15, -0.1) is 0 Å². The first kappa shape index (κ1) is 17.0. The molecule has 6 nitrogen and oxygen atoms in total. The lowest BCUT2D eigenvalue weighted by Gasteiger charge is -2.17. The number of rotatable bonds is 7. The van der Waals surface area contributed by atoms with E-state index in [4.69, 9.17) is 9.63 Å². The molecule has 1 heterocycles. The SMILES string of the molecule is CC(C)(C)c1nc(NC(CCC(=O)O)Cc2ccccc2)no1. The number of benzene rings is 1. The van der Waals surface area contributed by atoms with Gasteiger partial charge in [0.05, 0.1) is 0 Å². The van der Waals surface area contributed by atoms with Crippen molar-refractivity contribution in [3.63, 3.8) is 0 Å². The summed E-state index contributed by atoms with van der Waals surface area (Å²) in [6, 6.07) is 9.86. The van der Waals surface area contributed by atoms with Gasteiger partial charge in [-0.2, -0.15) is 4.98 Å². The summed E-state index contributed by atoms with van der Waals surface area (Å²) in [5, 5.41) is 16.1. The van der Waals surface area contributed by atoms with E-state index < -0.39 is 5.97 Å².